The van der Waals surface area contributed by atoms with Crippen molar-refractivity contribution in [3.05, 3.63) is 59.7 Å². The number of rotatable bonds is 6. The SMILES string of the molecule is CC(CN1CCN(c2ccccc2)CC1)Nc1ccc(C(F)(F)F)cc1C(N)=O. The van der Waals surface area contributed by atoms with Crippen LogP contribution in [-0.2, 0) is 6.18 Å². The van der Waals surface area contributed by atoms with Crippen LogP contribution in [0.3, 0.4) is 0 Å². The van der Waals surface area contributed by atoms with Gasteiger partial charge >= 0.3 is 6.18 Å². The van der Waals surface area contributed by atoms with Gasteiger partial charge in [0.15, 0.2) is 0 Å². The van der Waals surface area contributed by atoms with Gasteiger partial charge in [-0.3, -0.25) is 9.69 Å². The van der Waals surface area contributed by atoms with Gasteiger partial charge in [0.2, 0.25) is 0 Å². The third-order valence-electron chi connectivity index (χ3n) is 5.04. The molecule has 5 nitrogen and oxygen atoms in total. The average molecular weight is 406 g/mol. The first-order valence-corrected chi connectivity index (χ1v) is 9.54. The summed E-state index contributed by atoms with van der Waals surface area (Å²) < 4.78 is 38.7. The van der Waals surface area contributed by atoms with Crippen molar-refractivity contribution in [1.29, 1.82) is 0 Å². The van der Waals surface area contributed by atoms with Crippen molar-refractivity contribution in [2.75, 3.05) is 42.9 Å². The second-order valence-corrected chi connectivity index (χ2v) is 7.29. The summed E-state index contributed by atoms with van der Waals surface area (Å²) in [6.07, 6.45) is -4.52. The summed E-state index contributed by atoms with van der Waals surface area (Å²) in [6, 6.07) is 13.2. The Bertz CT molecular complexity index is 834. The number of hydrogen-bond acceptors (Lipinski definition) is 4. The van der Waals surface area contributed by atoms with Crippen molar-refractivity contribution in [1.82, 2.24) is 4.90 Å². The molecule has 2 aromatic carbocycles. The maximum Gasteiger partial charge on any atom is 0.416 e. The molecule has 1 heterocycles. The number of piperazine rings is 1. The zero-order valence-electron chi connectivity index (χ0n) is 16.2. The minimum Gasteiger partial charge on any atom is -0.381 e. The van der Waals surface area contributed by atoms with Crippen LogP contribution in [0.15, 0.2) is 48.5 Å². The summed E-state index contributed by atoms with van der Waals surface area (Å²) in [5.41, 5.74) is 5.78. The molecule has 1 unspecified atom stereocenters. The molecule has 156 valence electrons. The molecule has 3 N–H and O–H groups in total. The summed E-state index contributed by atoms with van der Waals surface area (Å²) in [5.74, 6) is -0.887. The van der Waals surface area contributed by atoms with Gasteiger partial charge in [0, 0.05) is 50.1 Å². The molecule has 1 atom stereocenters. The first-order valence-electron chi connectivity index (χ1n) is 9.54. The lowest BCUT2D eigenvalue weighted by molar-refractivity contribution is -0.137. The van der Waals surface area contributed by atoms with Gasteiger partial charge in [-0.2, -0.15) is 13.2 Å². The topological polar surface area (TPSA) is 61.6 Å². The number of halogens is 3. The third-order valence-corrected chi connectivity index (χ3v) is 5.04. The molecule has 0 radical (unpaired) electrons. The van der Waals surface area contributed by atoms with E-state index in [1.165, 1.54) is 11.8 Å². The van der Waals surface area contributed by atoms with E-state index in [9.17, 15) is 18.0 Å². The minimum absolute atomic E-state index is 0.0619. The Morgan fingerprint density at radius 1 is 1.10 bits per heavy atom. The fraction of sp³-hybridized carbons (Fsp3) is 0.381. The number of primary amides is 1. The largest absolute Gasteiger partial charge is 0.416 e. The smallest absolute Gasteiger partial charge is 0.381 e. The molecule has 3 rings (SSSR count). The minimum atomic E-state index is -4.52. The standard InChI is InChI=1S/C21H25F3N4O/c1-15(14-27-9-11-28(12-10-27)17-5-3-2-4-6-17)26-19-8-7-16(21(22,23)24)13-18(19)20(25)29/h2-8,13,15,26H,9-12,14H2,1H3,(H2,25,29). The fourth-order valence-electron chi connectivity index (χ4n) is 3.58. The Labute approximate surface area is 168 Å². The van der Waals surface area contributed by atoms with Gasteiger partial charge < -0.3 is 16.0 Å². The van der Waals surface area contributed by atoms with Crippen molar-refractivity contribution >= 4 is 17.3 Å². The molecule has 1 aliphatic rings. The highest BCUT2D eigenvalue weighted by molar-refractivity contribution is 5.98. The van der Waals surface area contributed by atoms with Crippen LogP contribution in [0.4, 0.5) is 24.5 Å². The van der Waals surface area contributed by atoms with E-state index >= 15 is 0 Å². The Morgan fingerprint density at radius 3 is 2.34 bits per heavy atom. The second kappa shape index (κ2) is 8.73. The Balaban J connectivity index is 1.58. The summed E-state index contributed by atoms with van der Waals surface area (Å²) in [4.78, 5) is 16.3. The number of amides is 1. The number of alkyl halides is 3. The number of nitrogens with zero attached hydrogens (tertiary/aromatic N) is 2. The van der Waals surface area contributed by atoms with Gasteiger partial charge in [-0.15, -0.1) is 0 Å². The molecule has 1 amide bonds. The Morgan fingerprint density at radius 2 is 1.76 bits per heavy atom. The number of carbonyl (C=O) groups is 1. The van der Waals surface area contributed by atoms with E-state index in [0.29, 0.717) is 12.2 Å². The van der Waals surface area contributed by atoms with Crippen LogP contribution >= 0.6 is 0 Å². The molecular formula is C21H25F3N4O. The number of carbonyl (C=O) groups excluding carboxylic acids is 1. The summed E-state index contributed by atoms with van der Waals surface area (Å²) >= 11 is 0. The fourth-order valence-corrected chi connectivity index (χ4v) is 3.58. The molecule has 8 heteroatoms. The van der Waals surface area contributed by atoms with Crippen LogP contribution in [0.2, 0.25) is 0 Å². The lowest BCUT2D eigenvalue weighted by Gasteiger charge is -2.37. The molecule has 1 fully saturated rings. The zero-order chi connectivity index (χ0) is 21.0. The predicted octanol–water partition coefficient (Wildman–Crippen LogP) is 3.43. The van der Waals surface area contributed by atoms with Crippen molar-refractivity contribution in [2.24, 2.45) is 5.73 Å². The normalized spacial score (nSPS) is 16.5. The van der Waals surface area contributed by atoms with E-state index in [0.717, 1.165) is 38.3 Å². The number of hydrogen-bond donors (Lipinski definition) is 2. The average Bonchev–Trinajstić information content (AvgIpc) is 2.68. The van der Waals surface area contributed by atoms with E-state index < -0.39 is 17.6 Å². The molecule has 1 saturated heterocycles. The monoisotopic (exact) mass is 406 g/mol. The number of para-hydroxylation sites is 1. The first-order chi connectivity index (χ1) is 13.7. The third kappa shape index (κ3) is 5.41. The molecule has 2 aromatic rings. The van der Waals surface area contributed by atoms with E-state index in [2.05, 4.69) is 27.2 Å². The van der Waals surface area contributed by atoms with Gasteiger partial charge in [-0.05, 0) is 37.3 Å². The maximum absolute atomic E-state index is 12.9. The van der Waals surface area contributed by atoms with Gasteiger partial charge in [0.25, 0.3) is 5.91 Å². The van der Waals surface area contributed by atoms with Crippen molar-refractivity contribution < 1.29 is 18.0 Å². The molecule has 0 aliphatic carbocycles. The van der Waals surface area contributed by atoms with Crippen LogP contribution in [0.5, 0.6) is 0 Å². The van der Waals surface area contributed by atoms with Gasteiger partial charge in [0.1, 0.15) is 0 Å². The highest BCUT2D eigenvalue weighted by Crippen LogP contribution is 2.32. The van der Waals surface area contributed by atoms with Crippen LogP contribution in [0.1, 0.15) is 22.8 Å². The molecular weight excluding hydrogens is 381 g/mol. The summed E-state index contributed by atoms with van der Waals surface area (Å²) in [5, 5.41) is 3.14. The van der Waals surface area contributed by atoms with Gasteiger partial charge in [-0.1, -0.05) is 18.2 Å². The quantitative estimate of drug-likeness (QED) is 0.772. The van der Waals surface area contributed by atoms with Gasteiger partial charge in [-0.25, -0.2) is 0 Å². The highest BCUT2D eigenvalue weighted by atomic mass is 19.4. The molecule has 0 aromatic heterocycles. The van der Waals surface area contributed by atoms with Crippen molar-refractivity contribution in [3.8, 4) is 0 Å². The van der Waals surface area contributed by atoms with E-state index in [1.54, 1.807) is 0 Å². The number of benzene rings is 2. The second-order valence-electron chi connectivity index (χ2n) is 7.29. The Hall–Kier alpha value is -2.74. The van der Waals surface area contributed by atoms with Crippen LogP contribution in [0.25, 0.3) is 0 Å². The predicted molar refractivity (Wildman–Crippen MR) is 108 cm³/mol. The lowest BCUT2D eigenvalue weighted by atomic mass is 10.1. The maximum atomic E-state index is 12.9. The van der Waals surface area contributed by atoms with E-state index in [1.807, 2.05) is 25.1 Å². The molecule has 29 heavy (non-hydrogen) atoms. The zero-order valence-corrected chi connectivity index (χ0v) is 16.2. The number of nitrogens with one attached hydrogen (secondary N) is 1. The van der Waals surface area contributed by atoms with E-state index in [4.69, 9.17) is 5.73 Å². The van der Waals surface area contributed by atoms with Crippen LogP contribution < -0.4 is 16.0 Å². The summed E-state index contributed by atoms with van der Waals surface area (Å²) in [7, 11) is 0. The molecule has 0 saturated carbocycles. The number of nitrogens with two attached hydrogens (primary N) is 1. The van der Waals surface area contributed by atoms with Crippen LogP contribution in [-0.4, -0.2) is 49.6 Å². The van der Waals surface area contributed by atoms with Crippen molar-refractivity contribution in [3.63, 3.8) is 0 Å². The van der Waals surface area contributed by atoms with E-state index in [-0.39, 0.29) is 11.6 Å². The highest BCUT2D eigenvalue weighted by Gasteiger charge is 2.31. The molecule has 0 bridgehead atoms. The Kier molecular flexibility index (Phi) is 6.32. The lowest BCUT2D eigenvalue weighted by Crippen LogP contribution is -2.49. The van der Waals surface area contributed by atoms with Gasteiger partial charge in [0.05, 0.1) is 11.1 Å². The van der Waals surface area contributed by atoms with Crippen LogP contribution in [0, 0.1) is 0 Å². The molecule has 1 aliphatic heterocycles. The first kappa shape index (κ1) is 21.0. The number of anilines is 2. The summed E-state index contributed by atoms with van der Waals surface area (Å²) in [6.45, 7) is 6.23. The molecule has 0 spiro atoms. The van der Waals surface area contributed by atoms with Crippen molar-refractivity contribution in [2.45, 2.75) is 19.1 Å².